The summed E-state index contributed by atoms with van der Waals surface area (Å²) in [5, 5.41) is 17.4. The van der Waals surface area contributed by atoms with E-state index in [1.165, 1.54) is 7.11 Å². The summed E-state index contributed by atoms with van der Waals surface area (Å²) < 4.78 is 6.35. The minimum Gasteiger partial charge on any atom is -0.465 e. The number of rotatable bonds is 4. The van der Waals surface area contributed by atoms with Crippen LogP contribution in [0.5, 0.6) is 0 Å². The number of nitrogens with zero attached hydrogens (tertiary/aromatic N) is 3. The van der Waals surface area contributed by atoms with Crippen LogP contribution >= 0.6 is 0 Å². The van der Waals surface area contributed by atoms with E-state index in [9.17, 15) is 9.90 Å². The van der Waals surface area contributed by atoms with E-state index >= 15 is 0 Å². The molecule has 20 heavy (non-hydrogen) atoms. The van der Waals surface area contributed by atoms with Crippen LogP contribution in [-0.2, 0) is 11.3 Å². The molecule has 1 aromatic carbocycles. The van der Waals surface area contributed by atoms with Gasteiger partial charge in [0, 0.05) is 0 Å². The molecule has 6 nitrogen and oxygen atoms in total. The van der Waals surface area contributed by atoms with Gasteiger partial charge in [0.1, 0.15) is 5.69 Å². The zero-order chi connectivity index (χ0) is 14.7. The number of ether oxygens (including phenoxy) is 1. The van der Waals surface area contributed by atoms with Crippen molar-refractivity contribution in [3.63, 3.8) is 0 Å². The average molecular weight is 275 g/mol. The van der Waals surface area contributed by atoms with Gasteiger partial charge in [-0.25, -0.2) is 9.48 Å². The molecule has 0 atom stereocenters. The first kappa shape index (κ1) is 14.2. The number of benzene rings is 1. The largest absolute Gasteiger partial charge is 0.465 e. The first-order valence-electron chi connectivity index (χ1n) is 6.32. The molecule has 1 aromatic heterocycles. The molecule has 1 N–H and O–H groups in total. The second kappa shape index (κ2) is 5.83. The van der Waals surface area contributed by atoms with Crippen molar-refractivity contribution < 1.29 is 14.6 Å². The Bertz CT molecular complexity index is 620. The Morgan fingerprint density at radius 1 is 1.45 bits per heavy atom. The molecule has 106 valence electrons. The Morgan fingerprint density at radius 2 is 2.20 bits per heavy atom. The zero-order valence-corrected chi connectivity index (χ0v) is 11.7. The SMILES string of the molecule is COC(=O)c1cccc(-n2nnc(CO)c2C(C)C)c1. The van der Waals surface area contributed by atoms with E-state index in [-0.39, 0.29) is 12.5 Å². The molecule has 0 saturated carbocycles. The first-order chi connectivity index (χ1) is 9.58. The van der Waals surface area contributed by atoms with E-state index in [1.807, 2.05) is 19.9 Å². The molecule has 0 radical (unpaired) electrons. The minimum absolute atomic E-state index is 0.147. The molecule has 0 aliphatic rings. The molecular formula is C14H17N3O3. The third kappa shape index (κ3) is 2.55. The number of carbonyl (C=O) groups excluding carboxylic acids is 1. The van der Waals surface area contributed by atoms with E-state index in [1.54, 1.807) is 22.9 Å². The summed E-state index contributed by atoms with van der Waals surface area (Å²) in [7, 11) is 1.34. The predicted molar refractivity (Wildman–Crippen MR) is 72.7 cm³/mol. The van der Waals surface area contributed by atoms with Crippen LogP contribution in [0.3, 0.4) is 0 Å². The zero-order valence-electron chi connectivity index (χ0n) is 11.7. The van der Waals surface area contributed by atoms with Crippen LogP contribution in [-0.4, -0.2) is 33.2 Å². The van der Waals surface area contributed by atoms with Crippen LogP contribution < -0.4 is 0 Å². The normalized spacial score (nSPS) is 10.8. The van der Waals surface area contributed by atoms with E-state index in [0.29, 0.717) is 16.9 Å². The van der Waals surface area contributed by atoms with Crippen LogP contribution in [0.1, 0.15) is 41.5 Å². The maximum Gasteiger partial charge on any atom is 0.337 e. The maximum atomic E-state index is 11.6. The predicted octanol–water partition coefficient (Wildman–Crippen LogP) is 1.67. The first-order valence-corrected chi connectivity index (χ1v) is 6.32. The summed E-state index contributed by atoms with van der Waals surface area (Å²) >= 11 is 0. The van der Waals surface area contributed by atoms with Crippen molar-refractivity contribution in [3.05, 3.63) is 41.2 Å². The molecule has 2 aromatic rings. The van der Waals surface area contributed by atoms with Crippen LogP contribution in [0.15, 0.2) is 24.3 Å². The van der Waals surface area contributed by atoms with E-state index in [0.717, 1.165) is 5.69 Å². The summed E-state index contributed by atoms with van der Waals surface area (Å²) in [5.74, 6) is -0.255. The fourth-order valence-corrected chi connectivity index (χ4v) is 2.08. The average Bonchev–Trinajstić information content (AvgIpc) is 2.90. The van der Waals surface area contributed by atoms with E-state index in [2.05, 4.69) is 10.3 Å². The molecular weight excluding hydrogens is 258 g/mol. The lowest BCUT2D eigenvalue weighted by molar-refractivity contribution is 0.0600. The van der Waals surface area contributed by atoms with Crippen molar-refractivity contribution >= 4 is 5.97 Å². The number of hydrogen-bond acceptors (Lipinski definition) is 5. The van der Waals surface area contributed by atoms with Gasteiger partial charge in [-0.05, 0) is 24.1 Å². The van der Waals surface area contributed by atoms with Gasteiger partial charge >= 0.3 is 5.97 Å². The molecule has 0 unspecified atom stereocenters. The molecule has 0 saturated heterocycles. The summed E-state index contributed by atoms with van der Waals surface area (Å²) in [5.41, 5.74) is 2.53. The fourth-order valence-electron chi connectivity index (χ4n) is 2.08. The summed E-state index contributed by atoms with van der Waals surface area (Å²) in [4.78, 5) is 11.6. The highest BCUT2D eigenvalue weighted by Gasteiger charge is 2.17. The molecule has 2 rings (SSSR count). The number of esters is 1. The third-order valence-corrected chi connectivity index (χ3v) is 2.99. The van der Waals surface area contributed by atoms with Gasteiger partial charge in [-0.2, -0.15) is 0 Å². The molecule has 1 heterocycles. The number of hydrogen-bond donors (Lipinski definition) is 1. The van der Waals surface area contributed by atoms with Gasteiger partial charge in [-0.15, -0.1) is 5.10 Å². The Labute approximate surface area is 117 Å². The topological polar surface area (TPSA) is 77.2 Å². The van der Waals surface area contributed by atoms with Crippen molar-refractivity contribution in [3.8, 4) is 5.69 Å². The second-order valence-electron chi connectivity index (χ2n) is 4.69. The lowest BCUT2D eigenvalue weighted by Gasteiger charge is -2.11. The molecule has 0 bridgehead atoms. The van der Waals surface area contributed by atoms with Gasteiger partial charge in [0.2, 0.25) is 0 Å². The van der Waals surface area contributed by atoms with E-state index < -0.39 is 5.97 Å². The van der Waals surface area contributed by atoms with Crippen molar-refractivity contribution in [1.82, 2.24) is 15.0 Å². The lowest BCUT2D eigenvalue weighted by atomic mass is 10.1. The van der Waals surface area contributed by atoms with Crippen LogP contribution in [0.4, 0.5) is 0 Å². The third-order valence-electron chi connectivity index (χ3n) is 2.99. The molecule has 0 aliphatic carbocycles. The summed E-state index contributed by atoms with van der Waals surface area (Å²) in [6.07, 6.45) is 0. The number of aromatic nitrogens is 3. The number of aliphatic hydroxyl groups is 1. The van der Waals surface area contributed by atoms with Crippen molar-refractivity contribution in [2.24, 2.45) is 0 Å². The number of carbonyl (C=O) groups is 1. The smallest absolute Gasteiger partial charge is 0.337 e. The van der Waals surface area contributed by atoms with Crippen LogP contribution in [0.2, 0.25) is 0 Å². The van der Waals surface area contributed by atoms with Gasteiger partial charge < -0.3 is 9.84 Å². The minimum atomic E-state index is -0.402. The molecule has 0 spiro atoms. The van der Waals surface area contributed by atoms with Crippen molar-refractivity contribution in [2.45, 2.75) is 26.4 Å². The van der Waals surface area contributed by atoms with Gasteiger partial charge in [0.25, 0.3) is 0 Å². The van der Waals surface area contributed by atoms with Gasteiger partial charge in [0.15, 0.2) is 0 Å². The summed E-state index contributed by atoms with van der Waals surface area (Å²) in [6, 6.07) is 6.95. The quantitative estimate of drug-likeness (QED) is 0.859. The Balaban J connectivity index is 2.52. The molecule has 0 aliphatic heterocycles. The van der Waals surface area contributed by atoms with E-state index in [4.69, 9.17) is 4.74 Å². The number of methoxy groups -OCH3 is 1. The highest BCUT2D eigenvalue weighted by atomic mass is 16.5. The fraction of sp³-hybridized carbons (Fsp3) is 0.357. The van der Waals surface area contributed by atoms with Crippen molar-refractivity contribution in [1.29, 1.82) is 0 Å². The van der Waals surface area contributed by atoms with Crippen LogP contribution in [0.25, 0.3) is 5.69 Å². The maximum absolute atomic E-state index is 11.6. The second-order valence-corrected chi connectivity index (χ2v) is 4.69. The Kier molecular flexibility index (Phi) is 4.14. The Morgan fingerprint density at radius 3 is 2.80 bits per heavy atom. The van der Waals surface area contributed by atoms with Crippen LogP contribution in [0, 0.1) is 0 Å². The van der Waals surface area contributed by atoms with Gasteiger partial charge in [-0.1, -0.05) is 25.1 Å². The standard InChI is InChI=1S/C14H17N3O3/c1-9(2)13-12(8-18)15-16-17(13)11-6-4-5-10(7-11)14(19)20-3/h4-7,9,18H,8H2,1-3H3. The Hall–Kier alpha value is -2.21. The highest BCUT2D eigenvalue weighted by Crippen LogP contribution is 2.22. The molecule has 6 heteroatoms. The monoisotopic (exact) mass is 275 g/mol. The lowest BCUT2D eigenvalue weighted by Crippen LogP contribution is -2.08. The van der Waals surface area contributed by atoms with Gasteiger partial charge in [0.05, 0.1) is 30.7 Å². The van der Waals surface area contributed by atoms with Gasteiger partial charge in [-0.3, -0.25) is 0 Å². The number of aliphatic hydroxyl groups excluding tert-OH is 1. The highest BCUT2D eigenvalue weighted by molar-refractivity contribution is 5.89. The molecule has 0 fully saturated rings. The summed E-state index contributed by atoms with van der Waals surface area (Å²) in [6.45, 7) is 3.83. The van der Waals surface area contributed by atoms with Crippen molar-refractivity contribution in [2.75, 3.05) is 7.11 Å². The molecule has 0 amide bonds.